The van der Waals surface area contributed by atoms with Crippen LogP contribution in [0.2, 0.25) is 0 Å². The Morgan fingerprint density at radius 3 is 1.87 bits per heavy atom. The summed E-state index contributed by atoms with van der Waals surface area (Å²) in [6.07, 6.45) is 1.36. The highest BCUT2D eigenvalue weighted by atomic mass is 14.9. The van der Waals surface area contributed by atoms with Gasteiger partial charge in [-0.05, 0) is 42.6 Å². The quantitative estimate of drug-likeness (QED) is 0.753. The Bertz CT molecular complexity index is 168. The topological polar surface area (TPSA) is 12.0 Å². The first kappa shape index (κ1) is 13.0. The lowest BCUT2D eigenvalue weighted by atomic mass is 9.67. The Balaban J connectivity index is 2.80. The van der Waals surface area contributed by atoms with Crippen molar-refractivity contribution in [2.75, 3.05) is 6.54 Å². The van der Waals surface area contributed by atoms with Crippen molar-refractivity contribution in [3.8, 4) is 0 Å². The van der Waals surface area contributed by atoms with Crippen molar-refractivity contribution in [2.24, 2.45) is 29.6 Å². The Morgan fingerprint density at radius 1 is 0.867 bits per heavy atom. The summed E-state index contributed by atoms with van der Waals surface area (Å²) in [5.74, 6) is 4.18. The smallest absolute Gasteiger partial charge is 0.0123 e. The maximum absolute atomic E-state index is 3.73. The third-order valence-corrected chi connectivity index (χ3v) is 4.11. The van der Waals surface area contributed by atoms with Crippen LogP contribution in [0.4, 0.5) is 0 Å². The summed E-state index contributed by atoms with van der Waals surface area (Å²) in [5, 5.41) is 3.73. The van der Waals surface area contributed by atoms with Crippen LogP contribution in [0, 0.1) is 29.6 Å². The van der Waals surface area contributed by atoms with Crippen molar-refractivity contribution in [1.29, 1.82) is 0 Å². The molecule has 90 valence electrons. The lowest BCUT2D eigenvalue weighted by Crippen LogP contribution is -2.52. The maximum Gasteiger partial charge on any atom is 0.0123 e. The van der Waals surface area contributed by atoms with Gasteiger partial charge in [0.15, 0.2) is 0 Å². The van der Waals surface area contributed by atoms with E-state index in [9.17, 15) is 0 Å². The van der Waals surface area contributed by atoms with E-state index in [1.165, 1.54) is 13.0 Å². The molecule has 1 nitrogen and oxygen atoms in total. The van der Waals surface area contributed by atoms with Gasteiger partial charge in [0.05, 0.1) is 0 Å². The molecule has 0 amide bonds. The van der Waals surface area contributed by atoms with E-state index in [1.54, 1.807) is 0 Å². The monoisotopic (exact) mass is 211 g/mol. The molecule has 0 spiro atoms. The zero-order valence-electron chi connectivity index (χ0n) is 11.4. The number of piperidine rings is 1. The van der Waals surface area contributed by atoms with Crippen molar-refractivity contribution in [2.45, 2.75) is 54.0 Å². The molecule has 0 radical (unpaired) electrons. The molecule has 0 aromatic rings. The van der Waals surface area contributed by atoms with Crippen molar-refractivity contribution < 1.29 is 0 Å². The lowest BCUT2D eigenvalue weighted by Gasteiger charge is -2.45. The molecular formula is C14H29N. The molecule has 1 saturated heterocycles. The van der Waals surface area contributed by atoms with E-state index < -0.39 is 0 Å². The summed E-state index contributed by atoms with van der Waals surface area (Å²) in [5.41, 5.74) is 0. The first-order chi connectivity index (χ1) is 6.95. The first-order valence-corrected chi connectivity index (χ1v) is 6.68. The van der Waals surface area contributed by atoms with Crippen LogP contribution in [0.25, 0.3) is 0 Å². The molecular weight excluding hydrogens is 182 g/mol. The highest BCUT2D eigenvalue weighted by Crippen LogP contribution is 2.37. The second kappa shape index (κ2) is 5.34. The zero-order chi connectivity index (χ0) is 11.6. The van der Waals surface area contributed by atoms with Crippen LogP contribution in [0.5, 0.6) is 0 Å². The molecule has 1 N–H and O–H groups in total. The van der Waals surface area contributed by atoms with E-state index in [0.717, 1.165) is 35.6 Å². The minimum absolute atomic E-state index is 0.728. The number of hydrogen-bond acceptors (Lipinski definition) is 1. The van der Waals surface area contributed by atoms with Gasteiger partial charge < -0.3 is 5.32 Å². The van der Waals surface area contributed by atoms with Gasteiger partial charge in [-0.2, -0.15) is 0 Å². The molecule has 1 fully saturated rings. The summed E-state index contributed by atoms with van der Waals surface area (Å²) >= 11 is 0. The molecule has 0 aliphatic carbocycles. The van der Waals surface area contributed by atoms with Crippen LogP contribution in [0.15, 0.2) is 0 Å². The van der Waals surface area contributed by atoms with E-state index in [-0.39, 0.29) is 0 Å². The fourth-order valence-electron chi connectivity index (χ4n) is 3.38. The zero-order valence-corrected chi connectivity index (χ0v) is 11.4. The molecule has 1 heterocycles. The van der Waals surface area contributed by atoms with Gasteiger partial charge in [-0.1, -0.05) is 41.5 Å². The molecule has 1 rings (SSSR count). The summed E-state index contributed by atoms with van der Waals surface area (Å²) in [4.78, 5) is 0. The molecule has 3 unspecified atom stereocenters. The molecule has 0 bridgehead atoms. The van der Waals surface area contributed by atoms with Crippen LogP contribution in [0.1, 0.15) is 48.0 Å². The van der Waals surface area contributed by atoms with Gasteiger partial charge in [-0.15, -0.1) is 0 Å². The predicted molar refractivity (Wildman–Crippen MR) is 67.9 cm³/mol. The fraction of sp³-hybridized carbons (Fsp3) is 1.00. The minimum atomic E-state index is 0.728. The predicted octanol–water partition coefficient (Wildman–Crippen LogP) is 3.55. The SMILES string of the molecule is CC(C)C1CCNC(C(C)C)C1C(C)C. The van der Waals surface area contributed by atoms with Gasteiger partial charge in [0.2, 0.25) is 0 Å². The molecule has 0 aromatic carbocycles. The first-order valence-electron chi connectivity index (χ1n) is 6.68. The number of hydrogen-bond donors (Lipinski definition) is 1. The summed E-state index contributed by atoms with van der Waals surface area (Å²) < 4.78 is 0. The largest absolute Gasteiger partial charge is 0.313 e. The van der Waals surface area contributed by atoms with Crippen molar-refractivity contribution in [3.63, 3.8) is 0 Å². The third kappa shape index (κ3) is 2.96. The average Bonchev–Trinajstić information content (AvgIpc) is 2.16. The van der Waals surface area contributed by atoms with Crippen molar-refractivity contribution >= 4 is 0 Å². The second-order valence-electron chi connectivity index (χ2n) is 6.24. The normalized spacial score (nSPS) is 33.0. The van der Waals surface area contributed by atoms with Crippen molar-refractivity contribution in [3.05, 3.63) is 0 Å². The van der Waals surface area contributed by atoms with Crippen LogP contribution >= 0.6 is 0 Å². The molecule has 1 aliphatic rings. The van der Waals surface area contributed by atoms with Gasteiger partial charge >= 0.3 is 0 Å². The molecule has 0 aromatic heterocycles. The van der Waals surface area contributed by atoms with Gasteiger partial charge in [-0.25, -0.2) is 0 Å². The summed E-state index contributed by atoms with van der Waals surface area (Å²) in [6, 6.07) is 0.728. The highest BCUT2D eigenvalue weighted by Gasteiger charge is 2.37. The fourth-order valence-corrected chi connectivity index (χ4v) is 3.38. The van der Waals surface area contributed by atoms with E-state index in [0.29, 0.717) is 0 Å². The average molecular weight is 211 g/mol. The van der Waals surface area contributed by atoms with Gasteiger partial charge in [0, 0.05) is 6.04 Å². The maximum atomic E-state index is 3.73. The van der Waals surface area contributed by atoms with Gasteiger partial charge in [0.1, 0.15) is 0 Å². The molecule has 3 atom stereocenters. The number of rotatable bonds is 3. The minimum Gasteiger partial charge on any atom is -0.313 e. The van der Waals surface area contributed by atoms with E-state index in [2.05, 4.69) is 46.9 Å². The number of nitrogens with one attached hydrogen (secondary N) is 1. The molecule has 1 heteroatoms. The highest BCUT2D eigenvalue weighted by molar-refractivity contribution is 4.91. The Kier molecular flexibility index (Phi) is 4.64. The van der Waals surface area contributed by atoms with Crippen LogP contribution < -0.4 is 5.32 Å². The van der Waals surface area contributed by atoms with E-state index in [4.69, 9.17) is 0 Å². The van der Waals surface area contributed by atoms with Gasteiger partial charge in [-0.3, -0.25) is 0 Å². The summed E-state index contributed by atoms with van der Waals surface area (Å²) in [7, 11) is 0. The van der Waals surface area contributed by atoms with Gasteiger partial charge in [0.25, 0.3) is 0 Å². The molecule has 0 saturated carbocycles. The Labute approximate surface area is 96.0 Å². The van der Waals surface area contributed by atoms with Crippen LogP contribution in [-0.4, -0.2) is 12.6 Å². The van der Waals surface area contributed by atoms with E-state index >= 15 is 0 Å². The summed E-state index contributed by atoms with van der Waals surface area (Å²) in [6.45, 7) is 15.5. The lowest BCUT2D eigenvalue weighted by molar-refractivity contribution is 0.0798. The van der Waals surface area contributed by atoms with E-state index in [1.807, 2.05) is 0 Å². The molecule has 1 aliphatic heterocycles. The Morgan fingerprint density at radius 2 is 1.47 bits per heavy atom. The standard InChI is InChI=1S/C14H29N/c1-9(2)12-7-8-15-14(11(5)6)13(12)10(3)4/h9-15H,7-8H2,1-6H3. The second-order valence-corrected chi connectivity index (χ2v) is 6.24. The Hall–Kier alpha value is -0.0400. The third-order valence-electron chi connectivity index (χ3n) is 4.11. The van der Waals surface area contributed by atoms with Crippen LogP contribution in [0.3, 0.4) is 0 Å². The van der Waals surface area contributed by atoms with Crippen molar-refractivity contribution in [1.82, 2.24) is 5.32 Å². The van der Waals surface area contributed by atoms with Crippen LogP contribution in [-0.2, 0) is 0 Å². The molecule has 15 heavy (non-hydrogen) atoms.